The Balaban J connectivity index is 1.48. The Bertz CT molecular complexity index is 804. The van der Waals surface area contributed by atoms with Crippen LogP contribution in [0.4, 0.5) is 5.69 Å². The van der Waals surface area contributed by atoms with Crippen LogP contribution in [0.15, 0.2) is 54.6 Å². The molecule has 0 radical (unpaired) electrons. The number of amides is 1. The predicted octanol–water partition coefficient (Wildman–Crippen LogP) is 1.36. The Morgan fingerprint density at radius 2 is 1.82 bits per heavy atom. The molecule has 1 amide bonds. The molecule has 0 spiro atoms. The predicted molar refractivity (Wildman–Crippen MR) is 112 cm³/mol. The first kappa shape index (κ1) is 20.4. The number of ketones is 1. The molecule has 3 rings (SSSR count). The first-order valence-corrected chi connectivity index (χ1v) is 10.1. The molecule has 1 aliphatic rings. The van der Waals surface area contributed by atoms with E-state index in [4.69, 9.17) is 11.6 Å². The van der Waals surface area contributed by atoms with Crippen LogP contribution in [0, 0.1) is 0 Å². The first-order chi connectivity index (χ1) is 13.5. The monoisotopic (exact) mass is 400 g/mol. The van der Waals surface area contributed by atoms with Gasteiger partial charge < -0.3 is 15.1 Å². The normalized spacial score (nSPS) is 15.9. The highest BCUT2D eigenvalue weighted by Crippen LogP contribution is 2.19. The van der Waals surface area contributed by atoms with Crippen LogP contribution in [0.3, 0.4) is 0 Å². The number of carbonyl (C=O) groups is 2. The topological polar surface area (TPSA) is 53.9 Å². The molecule has 28 heavy (non-hydrogen) atoms. The van der Waals surface area contributed by atoms with Gasteiger partial charge in [0.25, 0.3) is 5.91 Å². The van der Waals surface area contributed by atoms with E-state index in [1.54, 1.807) is 0 Å². The molecule has 0 aromatic heterocycles. The number of piperazine rings is 1. The molecular formula is C22H27ClN3O2+. The minimum absolute atomic E-state index is 0.0158. The van der Waals surface area contributed by atoms with Gasteiger partial charge in [-0.25, -0.2) is 0 Å². The van der Waals surface area contributed by atoms with Gasteiger partial charge in [0.05, 0.1) is 32.2 Å². The van der Waals surface area contributed by atoms with Gasteiger partial charge in [-0.1, -0.05) is 48.0 Å². The fourth-order valence-corrected chi connectivity index (χ4v) is 3.73. The highest BCUT2D eigenvalue weighted by atomic mass is 35.5. The standard InChI is InChI=1S/C22H26ClN3O2/c1-17(27)21(14-18-6-3-2-4-7-18)24-22(28)16-25-10-12-26(13-11-25)20-9-5-8-19(23)15-20/h2-9,15,21H,10-14,16H2,1H3,(H,24,28)/p+1/t21-/m0/s1. The molecule has 148 valence electrons. The molecule has 0 unspecified atom stereocenters. The van der Waals surface area contributed by atoms with Crippen LogP contribution in [0.25, 0.3) is 0 Å². The number of carbonyl (C=O) groups excluding carboxylic acids is 2. The van der Waals surface area contributed by atoms with Gasteiger partial charge in [0.15, 0.2) is 12.3 Å². The molecule has 1 saturated heterocycles. The van der Waals surface area contributed by atoms with Crippen molar-refractivity contribution in [3.63, 3.8) is 0 Å². The average molecular weight is 401 g/mol. The van der Waals surface area contributed by atoms with Crippen molar-refractivity contribution in [3.8, 4) is 0 Å². The van der Waals surface area contributed by atoms with Gasteiger partial charge in [0.1, 0.15) is 0 Å². The summed E-state index contributed by atoms with van der Waals surface area (Å²) in [7, 11) is 0. The summed E-state index contributed by atoms with van der Waals surface area (Å²) >= 11 is 6.08. The Morgan fingerprint density at radius 3 is 2.46 bits per heavy atom. The number of anilines is 1. The van der Waals surface area contributed by atoms with Crippen molar-refractivity contribution in [2.45, 2.75) is 19.4 Å². The van der Waals surface area contributed by atoms with Crippen LogP contribution in [0.2, 0.25) is 5.02 Å². The largest absolute Gasteiger partial charge is 0.360 e. The lowest BCUT2D eigenvalue weighted by Crippen LogP contribution is -3.16. The van der Waals surface area contributed by atoms with E-state index in [1.807, 2.05) is 48.5 Å². The number of hydrogen-bond donors (Lipinski definition) is 2. The summed E-state index contributed by atoms with van der Waals surface area (Å²) in [5, 5.41) is 3.66. The number of Topliss-reactive ketones (excluding diaryl/α,β-unsaturated/α-hetero) is 1. The SMILES string of the molecule is CC(=O)[C@H](Cc1ccccc1)NC(=O)C[NH+]1CCN(c2cccc(Cl)c2)CC1. The van der Waals surface area contributed by atoms with E-state index in [9.17, 15) is 9.59 Å². The van der Waals surface area contributed by atoms with E-state index in [1.165, 1.54) is 11.8 Å². The second kappa shape index (κ2) is 9.71. The molecule has 6 heteroatoms. The number of rotatable bonds is 7. The molecule has 2 aromatic rings. The molecule has 1 aliphatic heterocycles. The lowest BCUT2D eigenvalue weighted by atomic mass is 10.0. The number of nitrogens with one attached hydrogen (secondary N) is 2. The lowest BCUT2D eigenvalue weighted by Gasteiger charge is -2.33. The highest BCUT2D eigenvalue weighted by molar-refractivity contribution is 6.30. The number of benzene rings is 2. The van der Waals surface area contributed by atoms with Gasteiger partial charge in [0.2, 0.25) is 0 Å². The number of quaternary nitrogens is 1. The third kappa shape index (κ3) is 5.81. The van der Waals surface area contributed by atoms with Crippen molar-refractivity contribution in [1.29, 1.82) is 0 Å². The Hall–Kier alpha value is -2.37. The second-order valence-corrected chi connectivity index (χ2v) is 7.75. The lowest BCUT2D eigenvalue weighted by molar-refractivity contribution is -0.892. The Kier molecular flexibility index (Phi) is 7.06. The molecular weight excluding hydrogens is 374 g/mol. The zero-order chi connectivity index (χ0) is 19.9. The maximum absolute atomic E-state index is 12.5. The third-order valence-corrected chi connectivity index (χ3v) is 5.40. The molecule has 1 heterocycles. The van der Waals surface area contributed by atoms with E-state index >= 15 is 0 Å². The average Bonchev–Trinajstić information content (AvgIpc) is 2.69. The summed E-state index contributed by atoms with van der Waals surface area (Å²) in [5.41, 5.74) is 2.17. The molecule has 2 N–H and O–H groups in total. The van der Waals surface area contributed by atoms with Crippen molar-refractivity contribution < 1.29 is 14.5 Å². The van der Waals surface area contributed by atoms with E-state index in [2.05, 4.69) is 16.3 Å². The summed E-state index contributed by atoms with van der Waals surface area (Å²) in [6.07, 6.45) is 0.528. The Labute approximate surface area is 171 Å². The molecule has 1 fully saturated rings. The summed E-state index contributed by atoms with van der Waals surface area (Å²) < 4.78 is 0. The molecule has 0 aliphatic carbocycles. The molecule has 1 atom stereocenters. The van der Waals surface area contributed by atoms with Crippen molar-refractivity contribution >= 4 is 29.0 Å². The number of nitrogens with zero attached hydrogens (tertiary/aromatic N) is 1. The van der Waals surface area contributed by atoms with Crippen LogP contribution in [-0.4, -0.2) is 50.5 Å². The van der Waals surface area contributed by atoms with Crippen LogP contribution in [0.1, 0.15) is 12.5 Å². The zero-order valence-corrected chi connectivity index (χ0v) is 16.9. The van der Waals surface area contributed by atoms with Crippen molar-refractivity contribution in [2.75, 3.05) is 37.6 Å². The summed E-state index contributed by atoms with van der Waals surface area (Å²) in [4.78, 5) is 28.0. The molecule has 0 bridgehead atoms. The molecule has 2 aromatic carbocycles. The second-order valence-electron chi connectivity index (χ2n) is 7.31. The maximum Gasteiger partial charge on any atom is 0.275 e. The van der Waals surface area contributed by atoms with Crippen molar-refractivity contribution in [3.05, 3.63) is 65.2 Å². The minimum atomic E-state index is -0.470. The molecule has 5 nitrogen and oxygen atoms in total. The van der Waals surface area contributed by atoms with E-state index in [0.29, 0.717) is 13.0 Å². The summed E-state index contributed by atoms with van der Waals surface area (Å²) in [6, 6.07) is 17.2. The third-order valence-electron chi connectivity index (χ3n) is 5.16. The fourth-order valence-electron chi connectivity index (χ4n) is 3.55. The quantitative estimate of drug-likeness (QED) is 0.738. The summed E-state index contributed by atoms with van der Waals surface area (Å²) in [6.45, 7) is 5.44. The van der Waals surface area contributed by atoms with E-state index in [0.717, 1.165) is 42.5 Å². The van der Waals surface area contributed by atoms with Gasteiger partial charge in [-0.15, -0.1) is 0 Å². The van der Waals surface area contributed by atoms with Crippen molar-refractivity contribution in [2.24, 2.45) is 0 Å². The minimum Gasteiger partial charge on any atom is -0.360 e. The smallest absolute Gasteiger partial charge is 0.275 e. The van der Waals surface area contributed by atoms with Gasteiger partial charge in [0, 0.05) is 10.7 Å². The Morgan fingerprint density at radius 1 is 1.11 bits per heavy atom. The van der Waals surface area contributed by atoms with Crippen LogP contribution >= 0.6 is 11.6 Å². The van der Waals surface area contributed by atoms with E-state index < -0.39 is 6.04 Å². The van der Waals surface area contributed by atoms with Gasteiger partial charge >= 0.3 is 0 Å². The van der Waals surface area contributed by atoms with Gasteiger partial charge in [-0.3, -0.25) is 9.59 Å². The highest BCUT2D eigenvalue weighted by Gasteiger charge is 2.24. The van der Waals surface area contributed by atoms with Crippen LogP contribution < -0.4 is 15.1 Å². The van der Waals surface area contributed by atoms with Crippen molar-refractivity contribution in [1.82, 2.24) is 5.32 Å². The maximum atomic E-state index is 12.5. The van der Waals surface area contributed by atoms with Gasteiger partial charge in [-0.05, 0) is 37.1 Å². The van der Waals surface area contributed by atoms with Crippen LogP contribution in [0.5, 0.6) is 0 Å². The zero-order valence-electron chi connectivity index (χ0n) is 16.2. The first-order valence-electron chi connectivity index (χ1n) is 9.69. The fraction of sp³-hybridized carbons (Fsp3) is 0.364. The van der Waals surface area contributed by atoms with Crippen LogP contribution in [-0.2, 0) is 16.0 Å². The molecule has 0 saturated carbocycles. The summed E-state index contributed by atoms with van der Waals surface area (Å²) in [5.74, 6) is -0.0830. The number of halogens is 1. The van der Waals surface area contributed by atoms with E-state index in [-0.39, 0.29) is 11.7 Å². The number of hydrogen-bond acceptors (Lipinski definition) is 3. The van der Waals surface area contributed by atoms with Gasteiger partial charge in [-0.2, -0.15) is 0 Å².